The summed E-state index contributed by atoms with van der Waals surface area (Å²) in [6.45, 7) is 11.1. The van der Waals surface area contributed by atoms with Crippen LogP contribution in [-0.4, -0.2) is 48.4 Å². The molecular formula is C28H46N2O4. The van der Waals surface area contributed by atoms with E-state index in [0.717, 1.165) is 44.9 Å². The molecule has 2 amide bonds. The van der Waals surface area contributed by atoms with Crippen molar-refractivity contribution in [1.29, 1.82) is 0 Å². The molecule has 1 saturated heterocycles. The summed E-state index contributed by atoms with van der Waals surface area (Å²) >= 11 is 0. The van der Waals surface area contributed by atoms with Gasteiger partial charge in [0, 0.05) is 25.4 Å². The second-order valence-electron chi connectivity index (χ2n) is 12.6. The minimum absolute atomic E-state index is 0.0120. The van der Waals surface area contributed by atoms with E-state index >= 15 is 0 Å². The van der Waals surface area contributed by atoms with E-state index in [1.165, 1.54) is 0 Å². The topological polar surface area (TPSA) is 75.7 Å². The van der Waals surface area contributed by atoms with Crippen LogP contribution in [-0.2, 0) is 19.1 Å². The summed E-state index contributed by atoms with van der Waals surface area (Å²) in [4.78, 5) is 40.5. The number of amides is 2. The van der Waals surface area contributed by atoms with Gasteiger partial charge in [0.25, 0.3) is 0 Å². The molecular weight excluding hydrogens is 428 g/mol. The third-order valence-electron chi connectivity index (χ3n) is 10.5. The SMILES string of the molecule is CCOC(=O)[C@@H](CC(C)C)NC(=O)[C@H]1CC[C@H]2[C@@H]3CC[C@H]4N(C)C(=O)CC[C@]4(C)[C@H]3CC[C@]12C. The van der Waals surface area contributed by atoms with Crippen LogP contribution in [0.2, 0.25) is 0 Å². The van der Waals surface area contributed by atoms with E-state index in [2.05, 4.69) is 33.0 Å². The van der Waals surface area contributed by atoms with Gasteiger partial charge in [-0.3, -0.25) is 9.59 Å². The number of esters is 1. The molecule has 0 spiro atoms. The number of piperidine rings is 1. The molecule has 1 heterocycles. The molecule has 0 bridgehead atoms. The van der Waals surface area contributed by atoms with Gasteiger partial charge < -0.3 is 15.0 Å². The summed E-state index contributed by atoms with van der Waals surface area (Å²) in [6, 6.07) is -0.197. The summed E-state index contributed by atoms with van der Waals surface area (Å²) in [5, 5.41) is 3.11. The van der Waals surface area contributed by atoms with Gasteiger partial charge in [-0.15, -0.1) is 0 Å². The van der Waals surface area contributed by atoms with Gasteiger partial charge in [-0.05, 0) is 92.8 Å². The maximum atomic E-state index is 13.6. The van der Waals surface area contributed by atoms with Crippen LogP contribution < -0.4 is 5.32 Å². The van der Waals surface area contributed by atoms with E-state index < -0.39 is 6.04 Å². The van der Waals surface area contributed by atoms with Crippen molar-refractivity contribution in [3.63, 3.8) is 0 Å². The van der Waals surface area contributed by atoms with Gasteiger partial charge in [0.05, 0.1) is 6.61 Å². The molecule has 0 aromatic heterocycles. The predicted octanol–water partition coefficient (Wildman–Crippen LogP) is 4.56. The summed E-state index contributed by atoms with van der Waals surface area (Å²) in [6.07, 6.45) is 8.74. The molecule has 0 aromatic carbocycles. The number of carbonyl (C=O) groups excluding carboxylic acids is 3. The Bertz CT molecular complexity index is 812. The first-order chi connectivity index (χ1) is 16.0. The number of carbonyl (C=O) groups is 3. The Hall–Kier alpha value is -1.59. The van der Waals surface area contributed by atoms with Crippen molar-refractivity contribution in [1.82, 2.24) is 10.2 Å². The Kier molecular flexibility index (Phi) is 7.10. The lowest BCUT2D eigenvalue weighted by atomic mass is 9.47. The zero-order valence-electron chi connectivity index (χ0n) is 22.2. The Morgan fingerprint density at radius 1 is 1.06 bits per heavy atom. The van der Waals surface area contributed by atoms with Gasteiger partial charge in [0.15, 0.2) is 0 Å². The number of ether oxygens (including phenoxy) is 1. The van der Waals surface area contributed by atoms with Gasteiger partial charge in [-0.1, -0.05) is 27.7 Å². The summed E-state index contributed by atoms with van der Waals surface area (Å²) < 4.78 is 5.27. The summed E-state index contributed by atoms with van der Waals surface area (Å²) in [7, 11) is 2.00. The van der Waals surface area contributed by atoms with E-state index in [4.69, 9.17) is 4.74 Å². The van der Waals surface area contributed by atoms with Gasteiger partial charge >= 0.3 is 5.97 Å². The molecule has 4 fully saturated rings. The number of likely N-dealkylation sites (tertiary alicyclic amines) is 1. The number of hydrogen-bond acceptors (Lipinski definition) is 4. The van der Waals surface area contributed by atoms with Crippen LogP contribution >= 0.6 is 0 Å². The van der Waals surface area contributed by atoms with Crippen molar-refractivity contribution in [3.8, 4) is 0 Å². The van der Waals surface area contributed by atoms with Crippen LogP contribution in [0.5, 0.6) is 0 Å². The van der Waals surface area contributed by atoms with Crippen LogP contribution in [0.3, 0.4) is 0 Å². The van der Waals surface area contributed by atoms with Crippen LogP contribution in [0.4, 0.5) is 0 Å². The quantitative estimate of drug-likeness (QED) is 0.573. The zero-order valence-corrected chi connectivity index (χ0v) is 22.2. The average molecular weight is 475 g/mol. The summed E-state index contributed by atoms with van der Waals surface area (Å²) in [5.74, 6) is 2.12. The van der Waals surface area contributed by atoms with Crippen LogP contribution in [0.1, 0.15) is 92.4 Å². The average Bonchev–Trinajstić information content (AvgIpc) is 3.13. The highest BCUT2D eigenvalue weighted by atomic mass is 16.5. The Morgan fingerprint density at radius 2 is 1.76 bits per heavy atom. The van der Waals surface area contributed by atoms with E-state index in [1.54, 1.807) is 0 Å². The molecule has 192 valence electrons. The molecule has 0 radical (unpaired) electrons. The van der Waals surface area contributed by atoms with Crippen molar-refractivity contribution >= 4 is 17.8 Å². The predicted molar refractivity (Wildman–Crippen MR) is 132 cm³/mol. The fraction of sp³-hybridized carbons (Fsp3) is 0.893. The molecule has 1 aliphatic heterocycles. The van der Waals surface area contributed by atoms with Crippen LogP contribution in [0, 0.1) is 40.4 Å². The normalized spacial score (nSPS) is 40.3. The fourth-order valence-electron chi connectivity index (χ4n) is 8.78. The highest BCUT2D eigenvalue weighted by Crippen LogP contribution is 2.66. The molecule has 6 heteroatoms. The highest BCUT2D eigenvalue weighted by molar-refractivity contribution is 5.86. The largest absolute Gasteiger partial charge is 0.464 e. The lowest BCUT2D eigenvalue weighted by Gasteiger charge is -2.61. The third kappa shape index (κ3) is 4.17. The smallest absolute Gasteiger partial charge is 0.328 e. The second kappa shape index (κ2) is 9.46. The van der Waals surface area contributed by atoms with Crippen LogP contribution in [0.25, 0.3) is 0 Å². The lowest BCUT2D eigenvalue weighted by Crippen LogP contribution is -2.61. The Labute approximate surface area is 205 Å². The van der Waals surface area contributed by atoms with Crippen molar-refractivity contribution < 1.29 is 19.1 Å². The summed E-state index contributed by atoms with van der Waals surface area (Å²) in [5.41, 5.74) is 0.182. The number of fused-ring (bicyclic) bond motifs is 5. The monoisotopic (exact) mass is 474 g/mol. The maximum Gasteiger partial charge on any atom is 0.328 e. The molecule has 0 unspecified atom stereocenters. The molecule has 4 aliphatic rings. The molecule has 34 heavy (non-hydrogen) atoms. The number of rotatable bonds is 6. The van der Waals surface area contributed by atoms with Gasteiger partial charge in [0.1, 0.15) is 6.04 Å². The minimum Gasteiger partial charge on any atom is -0.464 e. The Balaban J connectivity index is 1.50. The first kappa shape index (κ1) is 25.5. The number of nitrogens with zero attached hydrogens (tertiary/aromatic N) is 1. The highest BCUT2D eigenvalue weighted by Gasteiger charge is 2.62. The van der Waals surface area contributed by atoms with Crippen LogP contribution in [0.15, 0.2) is 0 Å². The molecule has 1 N–H and O–H groups in total. The van der Waals surface area contributed by atoms with Gasteiger partial charge in [-0.25, -0.2) is 4.79 Å². The maximum absolute atomic E-state index is 13.6. The van der Waals surface area contributed by atoms with Crippen molar-refractivity contribution in [2.75, 3.05) is 13.7 Å². The molecule has 4 rings (SSSR count). The van der Waals surface area contributed by atoms with E-state index in [-0.39, 0.29) is 28.6 Å². The number of hydrogen-bond donors (Lipinski definition) is 1. The molecule has 8 atom stereocenters. The minimum atomic E-state index is -0.559. The van der Waals surface area contributed by atoms with Crippen molar-refractivity contribution in [2.24, 2.45) is 40.4 Å². The standard InChI is InChI=1S/C28H46N2O4/c1-7-34-26(33)22(16-17(2)3)29-25(32)21-10-9-19-18-8-11-23-28(5,15-13-24(31)30(23)6)20(18)12-14-27(19,21)4/h17-23H,7-16H2,1-6H3,(H,29,32)/t18-,19-,20-,21+,22+,23+,27-,28+/m0/s1. The molecule has 3 aliphatic carbocycles. The van der Waals surface area contributed by atoms with E-state index in [9.17, 15) is 14.4 Å². The van der Waals surface area contributed by atoms with Crippen molar-refractivity contribution in [3.05, 3.63) is 0 Å². The second-order valence-corrected chi connectivity index (χ2v) is 12.6. The molecule has 6 nitrogen and oxygen atoms in total. The first-order valence-electron chi connectivity index (χ1n) is 13.8. The number of nitrogens with one attached hydrogen (secondary N) is 1. The lowest BCUT2D eigenvalue weighted by molar-refractivity contribution is -0.160. The van der Waals surface area contributed by atoms with Gasteiger partial charge in [-0.2, -0.15) is 0 Å². The third-order valence-corrected chi connectivity index (χ3v) is 10.5. The van der Waals surface area contributed by atoms with E-state index in [0.29, 0.717) is 55.1 Å². The van der Waals surface area contributed by atoms with Crippen molar-refractivity contribution in [2.45, 2.75) is 104 Å². The van der Waals surface area contributed by atoms with E-state index in [1.807, 2.05) is 18.9 Å². The zero-order chi connectivity index (χ0) is 24.8. The molecule has 0 aromatic rings. The fourth-order valence-corrected chi connectivity index (χ4v) is 8.78. The molecule has 3 saturated carbocycles. The van der Waals surface area contributed by atoms with Gasteiger partial charge in [0.2, 0.25) is 11.8 Å². The first-order valence-corrected chi connectivity index (χ1v) is 13.8. The Morgan fingerprint density at radius 3 is 2.44 bits per heavy atom.